The Labute approximate surface area is 178 Å². The molecule has 1 unspecified atom stereocenters. The number of sulfone groups is 1. The minimum absolute atomic E-state index is 0.0446. The monoisotopic (exact) mass is 450 g/mol. The van der Waals surface area contributed by atoms with Gasteiger partial charge in [-0.3, -0.25) is 4.79 Å². The molecule has 166 valence electrons. The molecular formula is C21H23FN2O6S. The zero-order chi connectivity index (χ0) is 22.8. The number of halogens is 1. The number of amides is 1. The Morgan fingerprint density at radius 3 is 2.52 bits per heavy atom. The largest absolute Gasteiger partial charge is 0.489 e. The lowest BCUT2D eigenvalue weighted by Gasteiger charge is -2.14. The van der Waals surface area contributed by atoms with E-state index in [1.807, 2.05) is 0 Å². The summed E-state index contributed by atoms with van der Waals surface area (Å²) >= 11 is 0. The smallest absolute Gasteiger partial charge is 0.255 e. The van der Waals surface area contributed by atoms with Crippen LogP contribution in [-0.4, -0.2) is 51.3 Å². The van der Waals surface area contributed by atoms with Crippen molar-refractivity contribution < 1.29 is 31.9 Å². The van der Waals surface area contributed by atoms with Crippen molar-refractivity contribution in [2.75, 3.05) is 31.1 Å². The average Bonchev–Trinajstić information content (AvgIpc) is 3.07. The van der Waals surface area contributed by atoms with E-state index in [4.69, 9.17) is 9.15 Å². The molecule has 0 aliphatic heterocycles. The molecule has 2 aromatic carbocycles. The molecule has 1 aromatic heterocycles. The Kier molecular flexibility index (Phi) is 6.51. The molecule has 0 bridgehead atoms. The number of ether oxygens (including phenoxy) is 1. The van der Waals surface area contributed by atoms with Crippen molar-refractivity contribution in [3.8, 4) is 17.1 Å². The van der Waals surface area contributed by atoms with E-state index in [9.17, 15) is 22.7 Å². The van der Waals surface area contributed by atoms with Gasteiger partial charge < -0.3 is 24.9 Å². The van der Waals surface area contributed by atoms with Crippen LogP contribution in [0.25, 0.3) is 22.3 Å². The fourth-order valence-corrected chi connectivity index (χ4v) is 3.37. The number of hydrogen-bond donors (Lipinski definition) is 3. The van der Waals surface area contributed by atoms with Gasteiger partial charge in [-0.2, -0.15) is 0 Å². The molecule has 0 saturated heterocycles. The fourth-order valence-electron chi connectivity index (χ4n) is 2.95. The quantitative estimate of drug-likeness (QED) is 0.483. The number of hydrogen-bond acceptors (Lipinski definition) is 7. The summed E-state index contributed by atoms with van der Waals surface area (Å²) in [5, 5.41) is 15.3. The van der Waals surface area contributed by atoms with Crippen molar-refractivity contribution in [1.29, 1.82) is 0 Å². The van der Waals surface area contributed by atoms with Gasteiger partial charge in [-0.1, -0.05) is 0 Å². The van der Waals surface area contributed by atoms with Crippen molar-refractivity contribution in [2.24, 2.45) is 0 Å². The van der Waals surface area contributed by atoms with Crippen LogP contribution in [0, 0.1) is 5.82 Å². The zero-order valence-corrected chi connectivity index (χ0v) is 18.0. The van der Waals surface area contributed by atoms with Gasteiger partial charge in [0.15, 0.2) is 9.84 Å². The SMILES string of the molecule is CNC(=O)c1c(-c2ccc(F)cc2)oc2cc(NCS(C)(=O)=O)c(OCC(C)O)cc12. The second-order valence-electron chi connectivity index (χ2n) is 7.14. The van der Waals surface area contributed by atoms with E-state index in [-0.39, 0.29) is 29.6 Å². The second-order valence-corrected chi connectivity index (χ2v) is 9.28. The van der Waals surface area contributed by atoms with Crippen LogP contribution < -0.4 is 15.4 Å². The number of anilines is 1. The number of carbonyl (C=O) groups excluding carboxylic acids is 1. The topological polar surface area (TPSA) is 118 Å². The van der Waals surface area contributed by atoms with E-state index in [2.05, 4.69) is 10.6 Å². The van der Waals surface area contributed by atoms with E-state index >= 15 is 0 Å². The number of rotatable bonds is 8. The Morgan fingerprint density at radius 2 is 1.94 bits per heavy atom. The first-order valence-electron chi connectivity index (χ1n) is 9.40. The highest BCUT2D eigenvalue weighted by Gasteiger charge is 2.24. The minimum atomic E-state index is -3.34. The molecule has 0 spiro atoms. The molecule has 31 heavy (non-hydrogen) atoms. The maximum atomic E-state index is 13.4. The van der Waals surface area contributed by atoms with Crippen LogP contribution >= 0.6 is 0 Å². The van der Waals surface area contributed by atoms with Crippen LogP contribution in [0.5, 0.6) is 5.75 Å². The lowest BCUT2D eigenvalue weighted by Crippen LogP contribution is -2.18. The maximum Gasteiger partial charge on any atom is 0.255 e. The third-order valence-corrected chi connectivity index (χ3v) is 5.02. The summed E-state index contributed by atoms with van der Waals surface area (Å²) in [5.74, 6) is -0.722. The molecule has 3 rings (SSSR count). The molecule has 1 amide bonds. The van der Waals surface area contributed by atoms with Crippen LogP contribution in [-0.2, 0) is 9.84 Å². The van der Waals surface area contributed by atoms with Gasteiger partial charge in [0.25, 0.3) is 5.91 Å². The molecule has 0 aliphatic carbocycles. The van der Waals surface area contributed by atoms with E-state index in [0.29, 0.717) is 22.2 Å². The minimum Gasteiger partial charge on any atom is -0.489 e. The first-order chi connectivity index (χ1) is 14.6. The predicted molar refractivity (Wildman–Crippen MR) is 116 cm³/mol. The van der Waals surface area contributed by atoms with Crippen molar-refractivity contribution in [3.05, 3.63) is 47.8 Å². The highest BCUT2D eigenvalue weighted by Crippen LogP contribution is 2.39. The van der Waals surface area contributed by atoms with E-state index in [1.165, 1.54) is 37.4 Å². The highest BCUT2D eigenvalue weighted by atomic mass is 32.2. The summed E-state index contributed by atoms with van der Waals surface area (Å²) in [6.45, 7) is 1.50. The first-order valence-corrected chi connectivity index (χ1v) is 11.5. The molecule has 1 heterocycles. The molecule has 0 saturated carbocycles. The number of carbonyl (C=O) groups is 1. The lowest BCUT2D eigenvalue weighted by molar-refractivity contribution is 0.0964. The van der Waals surface area contributed by atoms with Gasteiger partial charge in [0, 0.05) is 30.3 Å². The number of aliphatic hydroxyl groups excluding tert-OH is 1. The van der Waals surface area contributed by atoms with Crippen LogP contribution in [0.2, 0.25) is 0 Å². The Balaban J connectivity index is 2.20. The van der Waals surface area contributed by atoms with Crippen LogP contribution in [0.4, 0.5) is 10.1 Å². The summed E-state index contributed by atoms with van der Waals surface area (Å²) in [6, 6.07) is 8.57. The summed E-state index contributed by atoms with van der Waals surface area (Å²) in [7, 11) is -1.86. The summed E-state index contributed by atoms with van der Waals surface area (Å²) in [6.07, 6.45) is 0.314. The lowest BCUT2D eigenvalue weighted by atomic mass is 10.0. The van der Waals surface area contributed by atoms with Crippen LogP contribution in [0.3, 0.4) is 0 Å². The zero-order valence-electron chi connectivity index (χ0n) is 17.2. The highest BCUT2D eigenvalue weighted by molar-refractivity contribution is 7.90. The standard InChI is InChI=1S/C21H23FN2O6S/c1-12(25)10-29-18-8-15-17(9-16(18)24-11-31(3,27)28)30-20(19(15)21(26)23-2)13-4-6-14(22)7-5-13/h4-9,12,24-25H,10-11H2,1-3H3,(H,23,26). The van der Waals surface area contributed by atoms with Crippen LogP contribution in [0.15, 0.2) is 40.8 Å². The van der Waals surface area contributed by atoms with Crippen molar-refractivity contribution in [2.45, 2.75) is 13.0 Å². The Bertz CT molecular complexity index is 1200. The predicted octanol–water partition coefficient (Wildman–Crippen LogP) is 2.77. The number of aliphatic hydroxyl groups is 1. The van der Waals surface area contributed by atoms with E-state index < -0.39 is 27.7 Å². The first kappa shape index (κ1) is 22.6. The van der Waals surface area contributed by atoms with Crippen molar-refractivity contribution in [3.63, 3.8) is 0 Å². The molecule has 10 heteroatoms. The summed E-state index contributed by atoms with van der Waals surface area (Å²) in [5.41, 5.74) is 1.34. The third kappa shape index (κ3) is 5.33. The molecule has 8 nitrogen and oxygen atoms in total. The number of nitrogens with one attached hydrogen (secondary N) is 2. The van der Waals surface area contributed by atoms with Gasteiger partial charge in [0.1, 0.15) is 35.4 Å². The van der Waals surface area contributed by atoms with Gasteiger partial charge in [-0.05, 0) is 37.3 Å². The number of benzene rings is 2. The molecule has 3 N–H and O–H groups in total. The molecule has 0 radical (unpaired) electrons. The van der Waals surface area contributed by atoms with Gasteiger partial charge in [0.2, 0.25) is 0 Å². The van der Waals surface area contributed by atoms with Crippen LogP contribution in [0.1, 0.15) is 17.3 Å². The van der Waals surface area contributed by atoms with Gasteiger partial charge in [-0.25, -0.2) is 12.8 Å². The fraction of sp³-hybridized carbons (Fsp3) is 0.286. The third-order valence-electron chi connectivity index (χ3n) is 4.36. The van der Waals surface area contributed by atoms with Crippen molar-refractivity contribution >= 4 is 32.4 Å². The number of furan rings is 1. The van der Waals surface area contributed by atoms with Gasteiger partial charge in [0.05, 0.1) is 17.4 Å². The molecule has 0 fully saturated rings. The summed E-state index contributed by atoms with van der Waals surface area (Å²) in [4.78, 5) is 12.6. The Morgan fingerprint density at radius 1 is 1.26 bits per heavy atom. The molecular weight excluding hydrogens is 427 g/mol. The summed E-state index contributed by atoms with van der Waals surface area (Å²) < 4.78 is 48.1. The van der Waals surface area contributed by atoms with Crippen molar-refractivity contribution in [1.82, 2.24) is 5.32 Å². The normalized spacial score (nSPS) is 12.5. The van der Waals surface area contributed by atoms with Gasteiger partial charge in [-0.15, -0.1) is 0 Å². The molecule has 1 atom stereocenters. The number of fused-ring (bicyclic) bond motifs is 1. The maximum absolute atomic E-state index is 13.4. The average molecular weight is 450 g/mol. The van der Waals surface area contributed by atoms with E-state index in [1.54, 1.807) is 13.0 Å². The second kappa shape index (κ2) is 8.94. The molecule has 0 aliphatic rings. The van der Waals surface area contributed by atoms with Gasteiger partial charge >= 0.3 is 0 Å². The van der Waals surface area contributed by atoms with E-state index in [0.717, 1.165) is 6.26 Å². The molecule has 3 aromatic rings. The Hall–Kier alpha value is -3.11.